The molecule has 0 saturated heterocycles. The number of aliphatic carboxylic acids is 1. The molecular weight excluding hydrogens is 258 g/mol. The van der Waals surface area contributed by atoms with Gasteiger partial charge in [-0.25, -0.2) is 15.2 Å². The van der Waals surface area contributed by atoms with Crippen molar-refractivity contribution in [2.75, 3.05) is 12.0 Å². The highest BCUT2D eigenvalue weighted by molar-refractivity contribution is 5.73. The smallest absolute Gasteiger partial charge is 0.332 e. The summed E-state index contributed by atoms with van der Waals surface area (Å²) in [6.07, 6.45) is 1.20. The first-order valence-electron chi connectivity index (χ1n) is 5.04. The molecule has 0 aromatic carbocycles. The summed E-state index contributed by atoms with van der Waals surface area (Å²) in [5.74, 6) is -1.24. The number of anilines is 1. The molecule has 0 bridgehead atoms. The SMILES string of the molecule is O=C(O)[C@H](CO)N=NNc1nc2nc[nH]c(=O)c2[nH]1. The molecule has 0 aliphatic carbocycles. The average molecular weight is 267 g/mol. The van der Waals surface area contributed by atoms with Gasteiger partial charge >= 0.3 is 5.97 Å². The van der Waals surface area contributed by atoms with Crippen LogP contribution in [0.1, 0.15) is 0 Å². The van der Waals surface area contributed by atoms with E-state index < -0.39 is 24.2 Å². The number of H-pyrrole nitrogens is 2. The Hall–Kier alpha value is -2.82. The van der Waals surface area contributed by atoms with E-state index >= 15 is 0 Å². The fourth-order valence-corrected chi connectivity index (χ4v) is 1.20. The lowest BCUT2D eigenvalue weighted by Crippen LogP contribution is -2.21. The molecule has 0 aliphatic rings. The number of nitrogens with zero attached hydrogens (tertiary/aromatic N) is 4. The Kier molecular flexibility index (Phi) is 3.47. The van der Waals surface area contributed by atoms with Gasteiger partial charge in [-0.2, -0.15) is 10.1 Å². The molecule has 5 N–H and O–H groups in total. The van der Waals surface area contributed by atoms with Crippen molar-refractivity contribution in [3.8, 4) is 0 Å². The lowest BCUT2D eigenvalue weighted by Gasteiger charge is -1.99. The Morgan fingerprint density at radius 1 is 1.58 bits per heavy atom. The van der Waals surface area contributed by atoms with E-state index in [0.29, 0.717) is 0 Å². The average Bonchev–Trinajstić information content (AvgIpc) is 2.78. The van der Waals surface area contributed by atoms with Crippen LogP contribution < -0.4 is 11.0 Å². The second kappa shape index (κ2) is 5.22. The number of imidazole rings is 1. The van der Waals surface area contributed by atoms with Gasteiger partial charge in [0.2, 0.25) is 5.95 Å². The maximum Gasteiger partial charge on any atom is 0.332 e. The van der Waals surface area contributed by atoms with Crippen molar-refractivity contribution < 1.29 is 15.0 Å². The summed E-state index contributed by atoms with van der Waals surface area (Å²) >= 11 is 0. The number of aliphatic hydroxyl groups is 1. The van der Waals surface area contributed by atoms with Crippen molar-refractivity contribution in [1.29, 1.82) is 0 Å². The molecular formula is C8H9N7O4. The van der Waals surface area contributed by atoms with E-state index in [1.165, 1.54) is 6.33 Å². The van der Waals surface area contributed by atoms with Gasteiger partial charge in [-0.3, -0.25) is 4.79 Å². The number of carboxylic acid groups (broad SMARTS) is 1. The van der Waals surface area contributed by atoms with Crippen molar-refractivity contribution in [3.63, 3.8) is 0 Å². The number of nitrogens with one attached hydrogen (secondary N) is 3. The van der Waals surface area contributed by atoms with Gasteiger partial charge in [-0.1, -0.05) is 5.22 Å². The quantitative estimate of drug-likeness (QED) is 0.337. The van der Waals surface area contributed by atoms with Gasteiger partial charge in [0.25, 0.3) is 5.56 Å². The summed E-state index contributed by atoms with van der Waals surface area (Å²) in [7, 11) is 0. The van der Waals surface area contributed by atoms with E-state index in [4.69, 9.17) is 10.2 Å². The lowest BCUT2D eigenvalue weighted by molar-refractivity contribution is -0.139. The van der Waals surface area contributed by atoms with E-state index in [2.05, 4.69) is 35.7 Å². The Bertz CT molecular complexity index is 675. The zero-order valence-electron chi connectivity index (χ0n) is 9.36. The molecule has 0 fully saturated rings. The van der Waals surface area contributed by atoms with E-state index in [0.717, 1.165) is 0 Å². The molecule has 1 atom stereocenters. The van der Waals surface area contributed by atoms with Gasteiger partial charge in [0.1, 0.15) is 0 Å². The molecule has 2 heterocycles. The first-order chi connectivity index (χ1) is 9.11. The molecule has 0 radical (unpaired) electrons. The van der Waals surface area contributed by atoms with Gasteiger partial charge in [0, 0.05) is 0 Å². The topological polar surface area (TPSA) is 169 Å². The second-order valence-electron chi connectivity index (χ2n) is 3.38. The summed E-state index contributed by atoms with van der Waals surface area (Å²) in [5.41, 5.74) is 2.23. The van der Waals surface area contributed by atoms with Gasteiger partial charge < -0.3 is 20.2 Å². The number of aromatic nitrogens is 4. The highest BCUT2D eigenvalue weighted by Crippen LogP contribution is 2.06. The Labute approximate surface area is 104 Å². The number of fused-ring (bicyclic) bond motifs is 1. The number of hydrogen-bond acceptors (Lipinski definition) is 7. The molecule has 2 aromatic rings. The van der Waals surface area contributed by atoms with Crippen LogP contribution in [0, 0.1) is 0 Å². The number of aromatic amines is 2. The Balaban J connectivity index is 2.14. The fourth-order valence-electron chi connectivity index (χ4n) is 1.20. The van der Waals surface area contributed by atoms with Crippen LogP contribution in [0.5, 0.6) is 0 Å². The van der Waals surface area contributed by atoms with Gasteiger partial charge in [-0.05, 0) is 0 Å². The molecule has 0 unspecified atom stereocenters. The maximum absolute atomic E-state index is 11.4. The van der Waals surface area contributed by atoms with Crippen molar-refractivity contribution in [1.82, 2.24) is 19.9 Å². The summed E-state index contributed by atoms with van der Waals surface area (Å²) in [5, 5.41) is 24.0. The number of aliphatic hydroxyl groups excluding tert-OH is 1. The van der Waals surface area contributed by atoms with Crippen LogP contribution in [0.25, 0.3) is 11.2 Å². The normalized spacial score (nSPS) is 12.9. The predicted molar refractivity (Wildman–Crippen MR) is 61.5 cm³/mol. The third-order valence-corrected chi connectivity index (χ3v) is 2.11. The van der Waals surface area contributed by atoms with Crippen LogP contribution in [-0.4, -0.2) is 48.8 Å². The van der Waals surface area contributed by atoms with Crippen molar-refractivity contribution in [2.24, 2.45) is 10.3 Å². The molecule has 0 aliphatic heterocycles. The minimum atomic E-state index is -1.36. The summed E-state index contributed by atoms with van der Waals surface area (Å²) < 4.78 is 0. The van der Waals surface area contributed by atoms with Crippen LogP contribution in [-0.2, 0) is 4.79 Å². The van der Waals surface area contributed by atoms with E-state index in [-0.39, 0.29) is 17.1 Å². The highest BCUT2D eigenvalue weighted by atomic mass is 16.4. The van der Waals surface area contributed by atoms with E-state index in [1.54, 1.807) is 0 Å². The zero-order chi connectivity index (χ0) is 13.8. The molecule has 2 rings (SSSR count). The van der Waals surface area contributed by atoms with Gasteiger partial charge in [-0.15, -0.1) is 0 Å². The molecule has 11 nitrogen and oxygen atoms in total. The molecule has 100 valence electrons. The van der Waals surface area contributed by atoms with Crippen molar-refractivity contribution >= 4 is 23.1 Å². The first-order valence-corrected chi connectivity index (χ1v) is 5.04. The minimum Gasteiger partial charge on any atom is -0.480 e. The number of carbonyl (C=O) groups is 1. The van der Waals surface area contributed by atoms with Gasteiger partial charge in [0.05, 0.1) is 12.9 Å². The fraction of sp³-hybridized carbons (Fsp3) is 0.250. The first kappa shape index (κ1) is 12.6. The summed E-state index contributed by atoms with van der Waals surface area (Å²) in [6, 6.07) is -1.36. The molecule has 19 heavy (non-hydrogen) atoms. The maximum atomic E-state index is 11.4. The number of rotatable bonds is 5. The molecule has 0 spiro atoms. The Morgan fingerprint density at radius 2 is 2.37 bits per heavy atom. The second-order valence-corrected chi connectivity index (χ2v) is 3.38. The van der Waals surface area contributed by atoms with Crippen LogP contribution >= 0.6 is 0 Å². The lowest BCUT2D eigenvalue weighted by atomic mass is 10.3. The monoisotopic (exact) mass is 267 g/mol. The minimum absolute atomic E-state index is 0.0741. The standard InChI is InChI=1S/C8H9N7O4/c16-1-3(7(18)19)13-15-14-8-11-4-5(12-8)9-2-10-6(4)17/h2-3,16H,1H2,(H,18,19)(H3,9,10,11,12,13,14,17)/t3-/m0/s1. The van der Waals surface area contributed by atoms with Crippen LogP contribution in [0.4, 0.5) is 5.95 Å². The van der Waals surface area contributed by atoms with Crippen LogP contribution in [0.2, 0.25) is 0 Å². The molecule has 11 heteroatoms. The van der Waals surface area contributed by atoms with E-state index in [9.17, 15) is 9.59 Å². The Morgan fingerprint density at radius 3 is 3.00 bits per heavy atom. The molecule has 0 amide bonds. The van der Waals surface area contributed by atoms with Crippen molar-refractivity contribution in [3.05, 3.63) is 16.7 Å². The summed E-state index contributed by atoms with van der Waals surface area (Å²) in [4.78, 5) is 34.5. The van der Waals surface area contributed by atoms with Gasteiger partial charge in [0.15, 0.2) is 17.2 Å². The highest BCUT2D eigenvalue weighted by Gasteiger charge is 2.14. The van der Waals surface area contributed by atoms with Crippen molar-refractivity contribution in [2.45, 2.75) is 6.04 Å². The predicted octanol–water partition coefficient (Wildman–Crippen LogP) is -1.13. The third-order valence-electron chi connectivity index (χ3n) is 2.11. The molecule has 0 saturated carbocycles. The number of carboxylic acids is 1. The van der Waals surface area contributed by atoms with Crippen LogP contribution in [0.3, 0.4) is 0 Å². The largest absolute Gasteiger partial charge is 0.480 e. The summed E-state index contributed by atoms with van der Waals surface area (Å²) in [6.45, 7) is -0.679. The zero-order valence-corrected chi connectivity index (χ0v) is 9.36. The van der Waals surface area contributed by atoms with E-state index in [1.807, 2.05) is 0 Å². The third kappa shape index (κ3) is 2.71. The number of hydrogen-bond donors (Lipinski definition) is 5. The van der Waals surface area contributed by atoms with Crippen LogP contribution in [0.15, 0.2) is 21.5 Å². The molecule has 2 aromatic heterocycles.